The van der Waals surface area contributed by atoms with Crippen LogP contribution >= 0.6 is 0 Å². The van der Waals surface area contributed by atoms with Crippen LogP contribution in [0.5, 0.6) is 0 Å². The van der Waals surface area contributed by atoms with Gasteiger partial charge < -0.3 is 19.7 Å². The molecule has 20 heteroatoms. The molecule has 17 nitrogen and oxygen atoms in total. The highest BCUT2D eigenvalue weighted by Gasteiger charge is 2.46. The fraction of sp³-hybridized carbons (Fsp3) is 0.412. The zero-order valence-electron chi connectivity index (χ0n) is 39.6. The van der Waals surface area contributed by atoms with Crippen LogP contribution in [0.2, 0.25) is 0 Å². The standard InChI is InChI=1S/C51H56F2N10O7S/c1-3-26-71(69,70)59-39-17-16-37(52)47(45(39)53)62-29-36(32-27-54-30-55-28-32)46-40(62)18-20-42(57-46)60(2)34-22-24-61(25-23-34)49(66)31-10-5-4-6-12-33(13-8-7-11-31)56-38-15-9-14-35-44(38)51(68)63(50(35)67)41-19-21-43(64)58-48(41)65/h7,9,11,14-18,20,27-31,33-34,41,56,59H,3-6,8,10,12-13,19,21-26H2,1-2H3,(H,58,64,65)/b11-7-. The van der Waals surface area contributed by atoms with Crippen LogP contribution in [0.15, 0.2) is 79.5 Å². The van der Waals surface area contributed by atoms with E-state index in [1.807, 2.05) is 18.0 Å². The Kier molecular flexibility index (Phi) is 14.3. The zero-order valence-corrected chi connectivity index (χ0v) is 40.4. The number of pyridine rings is 1. The Bertz CT molecular complexity index is 3030. The molecule has 0 bridgehead atoms. The number of benzene rings is 2. The number of hydrogen-bond donors (Lipinski definition) is 3. The molecular formula is C51H56F2N10O7S. The second kappa shape index (κ2) is 20.7. The van der Waals surface area contributed by atoms with E-state index in [0.717, 1.165) is 55.6 Å². The number of fused-ring (bicyclic) bond motifs is 2. The van der Waals surface area contributed by atoms with Gasteiger partial charge in [-0.05, 0) is 87.8 Å². The lowest BCUT2D eigenvalue weighted by atomic mass is 9.96. The van der Waals surface area contributed by atoms with E-state index in [1.54, 1.807) is 55.8 Å². The molecule has 3 aromatic heterocycles. The number of hydrogen-bond acceptors (Lipinski definition) is 12. The van der Waals surface area contributed by atoms with Crippen LogP contribution in [0.1, 0.15) is 105 Å². The maximum atomic E-state index is 16.2. The molecule has 1 aliphatic carbocycles. The zero-order chi connectivity index (χ0) is 50.0. The number of sulfonamides is 1. The van der Waals surface area contributed by atoms with Gasteiger partial charge in [0.2, 0.25) is 27.7 Å². The highest BCUT2D eigenvalue weighted by Crippen LogP contribution is 2.37. The Morgan fingerprint density at radius 2 is 1.66 bits per heavy atom. The summed E-state index contributed by atoms with van der Waals surface area (Å²) in [7, 11) is -1.93. The summed E-state index contributed by atoms with van der Waals surface area (Å²) in [4.78, 5) is 84.0. The van der Waals surface area contributed by atoms with Gasteiger partial charge in [-0.25, -0.2) is 32.2 Å². The number of halogens is 2. The van der Waals surface area contributed by atoms with Gasteiger partial charge in [0, 0.05) is 74.0 Å². The summed E-state index contributed by atoms with van der Waals surface area (Å²) in [6.07, 6.45) is 17.6. The third-order valence-corrected chi connectivity index (χ3v) is 15.5. The molecule has 6 heterocycles. The minimum absolute atomic E-state index is 0.0140. The highest BCUT2D eigenvalue weighted by molar-refractivity contribution is 7.92. The van der Waals surface area contributed by atoms with Gasteiger partial charge in [-0.2, -0.15) is 0 Å². The van der Waals surface area contributed by atoms with E-state index in [1.165, 1.54) is 10.9 Å². The smallest absolute Gasteiger partial charge is 0.264 e. The first-order valence-corrected chi connectivity index (χ1v) is 25.9. The van der Waals surface area contributed by atoms with Crippen molar-refractivity contribution in [2.45, 2.75) is 102 Å². The number of likely N-dealkylation sites (tertiary alicyclic amines) is 1. The molecule has 0 saturated carbocycles. The van der Waals surface area contributed by atoms with Crippen molar-refractivity contribution in [2.24, 2.45) is 5.92 Å². The minimum Gasteiger partial charge on any atom is -0.382 e. The maximum Gasteiger partial charge on any atom is 0.264 e. The quantitative estimate of drug-likeness (QED) is 0.0842. The van der Waals surface area contributed by atoms with Crippen molar-refractivity contribution in [3.8, 4) is 16.8 Å². The Hall–Kier alpha value is -7.09. The Morgan fingerprint density at radius 1 is 0.887 bits per heavy atom. The summed E-state index contributed by atoms with van der Waals surface area (Å²) in [6, 6.07) is 9.66. The summed E-state index contributed by atoms with van der Waals surface area (Å²) in [5.41, 5.74) is 2.04. The van der Waals surface area contributed by atoms with Gasteiger partial charge in [-0.3, -0.25) is 38.9 Å². The molecule has 372 valence electrons. The summed E-state index contributed by atoms with van der Waals surface area (Å²) in [5, 5.41) is 5.78. The van der Waals surface area contributed by atoms with Crippen LogP contribution in [-0.2, 0) is 24.4 Å². The molecule has 3 N–H and O–H groups in total. The minimum atomic E-state index is -3.88. The number of anilines is 3. The van der Waals surface area contributed by atoms with E-state index in [9.17, 15) is 32.4 Å². The van der Waals surface area contributed by atoms with Gasteiger partial charge in [0.25, 0.3) is 11.8 Å². The first-order valence-electron chi connectivity index (χ1n) is 24.3. The second-order valence-electron chi connectivity index (χ2n) is 18.7. The normalized spacial score (nSPS) is 20.9. The summed E-state index contributed by atoms with van der Waals surface area (Å²) in [5.74, 6) is -3.94. The van der Waals surface area contributed by atoms with E-state index in [-0.39, 0.29) is 59.3 Å². The van der Waals surface area contributed by atoms with Crippen LogP contribution in [0.4, 0.5) is 26.0 Å². The summed E-state index contributed by atoms with van der Waals surface area (Å²) < 4.78 is 60.5. The molecule has 3 aliphatic heterocycles. The molecule has 5 aromatic rings. The third-order valence-electron chi connectivity index (χ3n) is 14.0. The number of aromatic nitrogens is 4. The number of amides is 5. The Labute approximate surface area is 410 Å². The number of carbonyl (C=O) groups is 5. The van der Waals surface area contributed by atoms with Crippen molar-refractivity contribution < 1.29 is 41.2 Å². The second-order valence-corrected chi connectivity index (χ2v) is 20.5. The molecule has 5 amide bonds. The highest BCUT2D eigenvalue weighted by atomic mass is 32.2. The van der Waals surface area contributed by atoms with E-state index in [2.05, 4.69) is 36.3 Å². The number of rotatable bonds is 12. The van der Waals surface area contributed by atoms with E-state index >= 15 is 8.78 Å². The Balaban J connectivity index is 0.852. The molecule has 3 unspecified atom stereocenters. The van der Waals surface area contributed by atoms with Crippen molar-refractivity contribution >= 4 is 67.8 Å². The number of carbonyl (C=O) groups excluding carboxylic acids is 5. The molecule has 2 saturated heterocycles. The number of allylic oxidation sites excluding steroid dienone is 1. The largest absolute Gasteiger partial charge is 0.382 e. The lowest BCUT2D eigenvalue weighted by Crippen LogP contribution is -2.54. The van der Waals surface area contributed by atoms with Gasteiger partial charge >= 0.3 is 0 Å². The van der Waals surface area contributed by atoms with Gasteiger partial charge in [0.15, 0.2) is 5.82 Å². The molecule has 2 fully saturated rings. The third kappa shape index (κ3) is 10.1. The van der Waals surface area contributed by atoms with Crippen LogP contribution < -0.4 is 20.3 Å². The number of nitrogens with one attached hydrogen (secondary N) is 3. The van der Waals surface area contributed by atoms with Crippen molar-refractivity contribution in [2.75, 3.05) is 40.8 Å². The van der Waals surface area contributed by atoms with Crippen LogP contribution in [0, 0.1) is 17.6 Å². The van der Waals surface area contributed by atoms with Gasteiger partial charge in [0.05, 0.1) is 39.5 Å². The van der Waals surface area contributed by atoms with Crippen LogP contribution in [0.25, 0.3) is 27.8 Å². The number of nitrogens with zero attached hydrogens (tertiary/aromatic N) is 7. The maximum absolute atomic E-state index is 16.2. The van der Waals surface area contributed by atoms with Gasteiger partial charge in [-0.15, -0.1) is 0 Å². The fourth-order valence-electron chi connectivity index (χ4n) is 10.3. The van der Waals surface area contributed by atoms with Crippen molar-refractivity contribution in [3.05, 3.63) is 102 Å². The van der Waals surface area contributed by atoms with Gasteiger partial charge in [0.1, 0.15) is 29.7 Å². The SMILES string of the molecule is CCCS(=O)(=O)Nc1ccc(F)c(-n2cc(-c3cncnc3)c3nc(N(C)C4CCN(C(=O)C5/C=C\CCC(Nc6cccc7c6C(=O)N(C6CCC(=O)NC6=O)C7=O)CCCCC5)CC4)ccc32)c1F. The van der Waals surface area contributed by atoms with E-state index in [4.69, 9.17) is 4.98 Å². The fourth-order valence-corrected chi connectivity index (χ4v) is 11.4. The van der Waals surface area contributed by atoms with Gasteiger partial charge in [-0.1, -0.05) is 44.4 Å². The molecular weight excluding hydrogens is 935 g/mol. The predicted octanol–water partition coefficient (Wildman–Crippen LogP) is 7.14. The van der Waals surface area contributed by atoms with E-state index < -0.39 is 57.0 Å². The number of piperidine rings is 2. The topological polar surface area (TPSA) is 209 Å². The van der Waals surface area contributed by atoms with Crippen molar-refractivity contribution in [3.63, 3.8) is 0 Å². The Morgan fingerprint density at radius 3 is 2.42 bits per heavy atom. The summed E-state index contributed by atoms with van der Waals surface area (Å²) in [6.45, 7) is 2.79. The molecule has 2 aromatic carbocycles. The monoisotopic (exact) mass is 990 g/mol. The van der Waals surface area contributed by atoms with Crippen LogP contribution in [0.3, 0.4) is 0 Å². The molecule has 3 atom stereocenters. The average Bonchev–Trinajstić information content (AvgIpc) is 3.84. The molecule has 0 radical (unpaired) electrons. The average molecular weight is 991 g/mol. The lowest BCUT2D eigenvalue weighted by Gasteiger charge is -2.38. The molecule has 0 spiro atoms. The molecule has 9 rings (SSSR count). The summed E-state index contributed by atoms with van der Waals surface area (Å²) >= 11 is 0. The molecule has 4 aliphatic rings. The first kappa shape index (κ1) is 48.9. The molecule has 71 heavy (non-hydrogen) atoms. The van der Waals surface area contributed by atoms with E-state index in [0.29, 0.717) is 72.4 Å². The van der Waals surface area contributed by atoms with Crippen molar-refractivity contribution in [1.82, 2.24) is 34.6 Å². The van der Waals surface area contributed by atoms with Crippen molar-refractivity contribution in [1.29, 1.82) is 0 Å². The predicted molar refractivity (Wildman–Crippen MR) is 263 cm³/mol. The first-order chi connectivity index (χ1) is 34.2. The van der Waals surface area contributed by atoms with Crippen LogP contribution in [-0.4, -0.2) is 111 Å². The lowest BCUT2D eigenvalue weighted by molar-refractivity contribution is -0.137. The number of imide groups is 2.